The van der Waals surface area contributed by atoms with Gasteiger partial charge in [-0.2, -0.15) is 0 Å². The molecule has 19 heavy (non-hydrogen) atoms. The highest BCUT2D eigenvalue weighted by molar-refractivity contribution is 4.54. The lowest BCUT2D eigenvalue weighted by Crippen LogP contribution is -2.29. The van der Waals surface area contributed by atoms with Crippen molar-refractivity contribution >= 4 is 0 Å². The van der Waals surface area contributed by atoms with Crippen LogP contribution >= 0.6 is 0 Å². The van der Waals surface area contributed by atoms with Crippen LogP contribution in [-0.2, 0) is 0 Å². The van der Waals surface area contributed by atoms with E-state index < -0.39 is 6.29 Å². The fraction of sp³-hybridized carbons (Fsp3) is 1.00. The van der Waals surface area contributed by atoms with Gasteiger partial charge in [0.1, 0.15) is 0 Å². The van der Waals surface area contributed by atoms with Crippen molar-refractivity contribution in [3.05, 3.63) is 0 Å². The molecule has 0 rings (SSSR count). The Kier molecular flexibility index (Phi) is 14.2. The van der Waals surface area contributed by atoms with E-state index in [1.165, 1.54) is 70.6 Å². The van der Waals surface area contributed by atoms with Gasteiger partial charge in [0, 0.05) is 6.54 Å². The highest BCUT2D eigenvalue weighted by Gasteiger charge is 2.02. The van der Waals surface area contributed by atoms with Crippen molar-refractivity contribution in [3.63, 3.8) is 0 Å². The summed E-state index contributed by atoms with van der Waals surface area (Å²) in [6.07, 6.45) is 13.7. The van der Waals surface area contributed by atoms with E-state index in [9.17, 15) is 0 Å². The topological polar surface area (TPSA) is 43.7 Å². The zero-order chi connectivity index (χ0) is 14.3. The van der Waals surface area contributed by atoms with E-state index in [-0.39, 0.29) is 0 Å². The highest BCUT2D eigenvalue weighted by atomic mass is 16.5. The molecule has 0 saturated carbocycles. The molecule has 2 N–H and O–H groups in total. The van der Waals surface area contributed by atoms with Crippen LogP contribution in [0, 0.1) is 0 Å². The zero-order valence-corrected chi connectivity index (χ0v) is 13.1. The quantitative estimate of drug-likeness (QED) is 0.376. The number of hydrogen-bond acceptors (Lipinski definition) is 3. The second-order valence-corrected chi connectivity index (χ2v) is 5.78. The van der Waals surface area contributed by atoms with Gasteiger partial charge in [-0.05, 0) is 20.0 Å². The molecular formula is C16H35NO2. The van der Waals surface area contributed by atoms with Crippen LogP contribution in [0.1, 0.15) is 77.6 Å². The molecule has 0 aliphatic carbocycles. The van der Waals surface area contributed by atoms with Gasteiger partial charge in [-0.25, -0.2) is 0 Å². The first-order chi connectivity index (χ1) is 9.16. The first-order valence-electron chi connectivity index (χ1n) is 8.21. The summed E-state index contributed by atoms with van der Waals surface area (Å²) in [5.41, 5.74) is 0. The van der Waals surface area contributed by atoms with Gasteiger partial charge in [-0.3, -0.25) is 0 Å². The number of nitrogens with zero attached hydrogens (tertiary/aromatic N) is 1. The van der Waals surface area contributed by atoms with E-state index in [2.05, 4.69) is 6.92 Å². The van der Waals surface area contributed by atoms with Crippen molar-refractivity contribution in [2.24, 2.45) is 0 Å². The van der Waals surface area contributed by atoms with E-state index >= 15 is 0 Å². The Labute approximate surface area is 120 Å². The van der Waals surface area contributed by atoms with Gasteiger partial charge in [-0.1, -0.05) is 71.1 Å². The summed E-state index contributed by atoms with van der Waals surface area (Å²) in [6.45, 7) is 3.59. The molecule has 0 heterocycles. The molecule has 0 fully saturated rings. The molecular weight excluding hydrogens is 238 g/mol. The maximum Gasteiger partial charge on any atom is 0.164 e. The molecule has 0 unspecified atom stereocenters. The molecule has 0 saturated heterocycles. The molecule has 0 aliphatic rings. The Balaban J connectivity index is 3.06. The third-order valence-electron chi connectivity index (χ3n) is 3.62. The van der Waals surface area contributed by atoms with E-state index in [4.69, 9.17) is 10.2 Å². The number of hydrogen-bond donors (Lipinski definition) is 2. The minimum atomic E-state index is -1.20. The third kappa shape index (κ3) is 15.8. The maximum atomic E-state index is 8.81. The molecule has 3 nitrogen and oxygen atoms in total. The second-order valence-electron chi connectivity index (χ2n) is 5.78. The molecule has 0 aromatic rings. The fourth-order valence-corrected chi connectivity index (χ4v) is 2.42. The summed E-state index contributed by atoms with van der Waals surface area (Å²) in [7, 11) is 1.94. The van der Waals surface area contributed by atoms with Gasteiger partial charge < -0.3 is 15.1 Å². The lowest BCUT2D eigenvalue weighted by molar-refractivity contribution is -0.0573. The zero-order valence-electron chi connectivity index (χ0n) is 13.1. The minimum Gasteiger partial charge on any atom is -0.367 e. The normalized spacial score (nSPS) is 11.7. The van der Waals surface area contributed by atoms with Gasteiger partial charge in [0.15, 0.2) is 6.29 Å². The molecule has 0 spiro atoms. The number of unbranched alkanes of at least 4 members (excludes halogenated alkanes) is 10. The summed E-state index contributed by atoms with van der Waals surface area (Å²) < 4.78 is 0. The van der Waals surface area contributed by atoms with Gasteiger partial charge >= 0.3 is 0 Å². The average molecular weight is 273 g/mol. The predicted octanol–water partition coefficient (Wildman–Crippen LogP) is 3.54. The van der Waals surface area contributed by atoms with Crippen LogP contribution < -0.4 is 0 Å². The van der Waals surface area contributed by atoms with E-state index in [0.29, 0.717) is 6.54 Å². The van der Waals surface area contributed by atoms with Crippen molar-refractivity contribution in [1.29, 1.82) is 0 Å². The molecule has 0 amide bonds. The fourth-order valence-electron chi connectivity index (χ4n) is 2.42. The smallest absolute Gasteiger partial charge is 0.164 e. The maximum absolute atomic E-state index is 8.81. The number of likely N-dealkylation sites (N-methyl/N-ethyl adjacent to an activating group) is 1. The Morgan fingerprint density at radius 2 is 1.16 bits per heavy atom. The summed E-state index contributed by atoms with van der Waals surface area (Å²) in [5.74, 6) is 0. The van der Waals surface area contributed by atoms with Gasteiger partial charge in [0.05, 0.1) is 0 Å². The van der Waals surface area contributed by atoms with Gasteiger partial charge in [0.25, 0.3) is 0 Å². The molecule has 0 aliphatic heterocycles. The SMILES string of the molecule is CCCCCCCCCCCCCN(C)CC(O)O. The monoisotopic (exact) mass is 273 g/mol. The number of aliphatic hydroxyl groups is 2. The van der Waals surface area contributed by atoms with Crippen LogP contribution in [0.2, 0.25) is 0 Å². The Hall–Kier alpha value is -0.120. The molecule has 0 atom stereocenters. The van der Waals surface area contributed by atoms with Crippen molar-refractivity contribution in [2.75, 3.05) is 20.1 Å². The minimum absolute atomic E-state index is 0.359. The Morgan fingerprint density at radius 1 is 0.737 bits per heavy atom. The van der Waals surface area contributed by atoms with Crippen molar-refractivity contribution in [3.8, 4) is 0 Å². The lowest BCUT2D eigenvalue weighted by atomic mass is 10.1. The van der Waals surface area contributed by atoms with Gasteiger partial charge in [-0.15, -0.1) is 0 Å². The van der Waals surface area contributed by atoms with E-state index in [1.807, 2.05) is 11.9 Å². The number of rotatable bonds is 14. The largest absolute Gasteiger partial charge is 0.367 e. The summed E-state index contributed by atoms with van der Waals surface area (Å²) in [5, 5.41) is 17.6. The van der Waals surface area contributed by atoms with E-state index in [1.54, 1.807) is 0 Å². The lowest BCUT2D eigenvalue weighted by Gasteiger charge is -2.17. The Bertz CT molecular complexity index is 174. The molecule has 116 valence electrons. The van der Waals surface area contributed by atoms with Crippen LogP contribution in [0.3, 0.4) is 0 Å². The highest BCUT2D eigenvalue weighted by Crippen LogP contribution is 2.11. The molecule has 0 aromatic carbocycles. The van der Waals surface area contributed by atoms with Crippen LogP contribution in [0.15, 0.2) is 0 Å². The predicted molar refractivity (Wildman–Crippen MR) is 82.2 cm³/mol. The van der Waals surface area contributed by atoms with Crippen LogP contribution in [0.4, 0.5) is 0 Å². The first kappa shape index (κ1) is 18.9. The van der Waals surface area contributed by atoms with Gasteiger partial charge in [0.2, 0.25) is 0 Å². The van der Waals surface area contributed by atoms with Crippen LogP contribution in [0.5, 0.6) is 0 Å². The van der Waals surface area contributed by atoms with Crippen molar-refractivity contribution < 1.29 is 10.2 Å². The Morgan fingerprint density at radius 3 is 1.58 bits per heavy atom. The molecule has 0 aromatic heterocycles. The summed E-state index contributed by atoms with van der Waals surface area (Å²) >= 11 is 0. The van der Waals surface area contributed by atoms with Crippen LogP contribution in [-0.4, -0.2) is 41.5 Å². The molecule has 0 radical (unpaired) electrons. The van der Waals surface area contributed by atoms with Crippen molar-refractivity contribution in [2.45, 2.75) is 83.8 Å². The average Bonchev–Trinajstić information content (AvgIpc) is 2.35. The summed E-state index contributed by atoms with van der Waals surface area (Å²) in [6, 6.07) is 0. The van der Waals surface area contributed by atoms with E-state index in [0.717, 1.165) is 6.54 Å². The number of aliphatic hydroxyl groups excluding tert-OH is 1. The third-order valence-corrected chi connectivity index (χ3v) is 3.62. The standard InChI is InChI=1S/C16H35NO2/c1-3-4-5-6-7-8-9-10-11-12-13-14-17(2)15-16(18)19/h16,18-19H,3-15H2,1-2H3. The van der Waals surface area contributed by atoms with Crippen LogP contribution in [0.25, 0.3) is 0 Å². The first-order valence-corrected chi connectivity index (χ1v) is 8.21. The molecule has 0 bridgehead atoms. The molecule has 3 heteroatoms. The summed E-state index contributed by atoms with van der Waals surface area (Å²) in [4.78, 5) is 1.98. The second kappa shape index (κ2) is 14.3. The van der Waals surface area contributed by atoms with Crippen molar-refractivity contribution in [1.82, 2.24) is 4.90 Å².